The van der Waals surface area contributed by atoms with Crippen molar-refractivity contribution in [2.24, 2.45) is 0 Å². The van der Waals surface area contributed by atoms with Gasteiger partial charge in [-0.15, -0.1) is 0 Å². The molecule has 0 aliphatic heterocycles. The van der Waals surface area contributed by atoms with Crippen molar-refractivity contribution >= 4 is 31.9 Å². The van der Waals surface area contributed by atoms with Gasteiger partial charge in [0.05, 0.1) is 0 Å². The van der Waals surface area contributed by atoms with Crippen LogP contribution in [-0.2, 0) is 11.8 Å². The van der Waals surface area contributed by atoms with Crippen LogP contribution in [0.3, 0.4) is 0 Å². The van der Waals surface area contributed by atoms with Gasteiger partial charge in [0.1, 0.15) is 11.6 Å². The molecule has 0 amide bonds. The zero-order valence-electron chi connectivity index (χ0n) is 11.7. The minimum Gasteiger partial charge on any atom is -0.207 e. The molecule has 0 unspecified atom stereocenters. The largest absolute Gasteiger partial charge is 0.207 e. The SMILES string of the molecule is Cc1cccc(C(CBr)(CBr)Cc2cc(F)cc(F)c2)c1. The van der Waals surface area contributed by atoms with Crippen LogP contribution in [0.2, 0.25) is 0 Å². The van der Waals surface area contributed by atoms with E-state index in [0.29, 0.717) is 22.6 Å². The van der Waals surface area contributed by atoms with Gasteiger partial charge in [-0.05, 0) is 36.6 Å². The maximum Gasteiger partial charge on any atom is 0.126 e. The molecule has 0 aliphatic carbocycles. The second-order valence-corrected chi connectivity index (χ2v) is 6.49. The molecule has 0 nitrogen and oxygen atoms in total. The van der Waals surface area contributed by atoms with E-state index in [1.165, 1.54) is 17.7 Å². The Hall–Kier alpha value is -0.740. The number of hydrogen-bond donors (Lipinski definition) is 0. The van der Waals surface area contributed by atoms with E-state index >= 15 is 0 Å². The summed E-state index contributed by atoms with van der Waals surface area (Å²) in [6.45, 7) is 2.04. The van der Waals surface area contributed by atoms with Gasteiger partial charge in [-0.3, -0.25) is 0 Å². The number of benzene rings is 2. The average molecular weight is 418 g/mol. The van der Waals surface area contributed by atoms with Crippen LogP contribution in [0.5, 0.6) is 0 Å². The van der Waals surface area contributed by atoms with Gasteiger partial charge in [0.25, 0.3) is 0 Å². The summed E-state index contributed by atoms with van der Waals surface area (Å²) in [6, 6.07) is 11.9. The smallest absolute Gasteiger partial charge is 0.126 e. The Morgan fingerprint density at radius 1 is 0.952 bits per heavy atom. The normalized spacial score (nSPS) is 11.7. The van der Waals surface area contributed by atoms with Gasteiger partial charge in [-0.25, -0.2) is 8.78 Å². The van der Waals surface area contributed by atoms with Crippen molar-refractivity contribution in [1.82, 2.24) is 0 Å². The van der Waals surface area contributed by atoms with Crippen LogP contribution >= 0.6 is 31.9 Å². The van der Waals surface area contributed by atoms with E-state index in [-0.39, 0.29) is 5.41 Å². The molecule has 2 rings (SSSR count). The van der Waals surface area contributed by atoms with Crippen molar-refractivity contribution in [2.75, 3.05) is 10.7 Å². The Balaban J connectivity index is 2.42. The standard InChI is InChI=1S/C17H16Br2F2/c1-12-3-2-4-14(5-12)17(10-18,11-19)9-13-6-15(20)8-16(21)7-13/h2-8H,9-11H2,1H3. The first-order valence-corrected chi connectivity index (χ1v) is 8.87. The molecule has 0 aliphatic rings. The first-order valence-electron chi connectivity index (χ1n) is 6.63. The van der Waals surface area contributed by atoms with Gasteiger partial charge in [-0.2, -0.15) is 0 Å². The van der Waals surface area contributed by atoms with Crippen LogP contribution in [0.25, 0.3) is 0 Å². The van der Waals surface area contributed by atoms with Crippen LogP contribution < -0.4 is 0 Å². The molecule has 0 N–H and O–H groups in total. The monoisotopic (exact) mass is 416 g/mol. The lowest BCUT2D eigenvalue weighted by Crippen LogP contribution is -2.33. The van der Waals surface area contributed by atoms with Crippen LogP contribution in [-0.4, -0.2) is 10.7 Å². The highest BCUT2D eigenvalue weighted by Gasteiger charge is 2.31. The fourth-order valence-corrected chi connectivity index (χ4v) is 4.44. The lowest BCUT2D eigenvalue weighted by atomic mass is 9.78. The van der Waals surface area contributed by atoms with E-state index in [1.807, 2.05) is 19.1 Å². The topological polar surface area (TPSA) is 0 Å². The zero-order valence-corrected chi connectivity index (χ0v) is 14.8. The molecule has 0 spiro atoms. The lowest BCUT2D eigenvalue weighted by molar-refractivity contribution is 0.536. The molecule has 112 valence electrons. The molecule has 2 aromatic rings. The first kappa shape index (κ1) is 16.6. The summed E-state index contributed by atoms with van der Waals surface area (Å²) < 4.78 is 26.8. The molecule has 0 bridgehead atoms. The van der Waals surface area contributed by atoms with E-state index in [2.05, 4.69) is 44.0 Å². The molecule has 0 aromatic heterocycles. The van der Waals surface area contributed by atoms with Crippen LogP contribution in [0.4, 0.5) is 8.78 Å². The van der Waals surface area contributed by atoms with Crippen molar-refractivity contribution < 1.29 is 8.78 Å². The highest BCUT2D eigenvalue weighted by molar-refractivity contribution is 9.09. The van der Waals surface area contributed by atoms with Crippen molar-refractivity contribution in [3.8, 4) is 0 Å². The zero-order chi connectivity index (χ0) is 15.5. The first-order chi connectivity index (χ1) is 9.99. The summed E-state index contributed by atoms with van der Waals surface area (Å²) in [5, 5.41) is 1.40. The Labute approximate surface area is 140 Å². The highest BCUT2D eigenvalue weighted by Crippen LogP contribution is 2.33. The molecule has 4 heteroatoms. The lowest BCUT2D eigenvalue weighted by Gasteiger charge is -2.31. The molecule has 0 atom stereocenters. The Morgan fingerprint density at radius 2 is 1.57 bits per heavy atom. The molecule has 2 aromatic carbocycles. The molecule has 21 heavy (non-hydrogen) atoms. The van der Waals surface area contributed by atoms with Gasteiger partial charge in [0, 0.05) is 22.1 Å². The molecular weight excluding hydrogens is 402 g/mol. The fraction of sp³-hybridized carbons (Fsp3) is 0.294. The van der Waals surface area contributed by atoms with E-state index < -0.39 is 11.6 Å². The third kappa shape index (κ3) is 3.92. The van der Waals surface area contributed by atoms with Crippen LogP contribution in [0.15, 0.2) is 42.5 Å². The summed E-state index contributed by atoms with van der Waals surface area (Å²) in [7, 11) is 0. The maximum atomic E-state index is 13.4. The van der Waals surface area contributed by atoms with Gasteiger partial charge in [-0.1, -0.05) is 61.7 Å². The number of rotatable bonds is 5. The van der Waals surface area contributed by atoms with Gasteiger partial charge in [0.15, 0.2) is 0 Å². The predicted octanol–water partition coefficient (Wildman–Crippen LogP) is 5.54. The third-order valence-electron chi connectivity index (χ3n) is 3.61. The van der Waals surface area contributed by atoms with Crippen LogP contribution in [0.1, 0.15) is 16.7 Å². The summed E-state index contributed by atoms with van der Waals surface area (Å²) in [6.07, 6.45) is 0.557. The van der Waals surface area contributed by atoms with Crippen LogP contribution in [0, 0.1) is 18.6 Å². The Kier molecular flexibility index (Phi) is 5.55. The molecular formula is C17H16Br2F2. The second-order valence-electron chi connectivity index (χ2n) is 5.37. The quantitative estimate of drug-likeness (QED) is 0.560. The Morgan fingerprint density at radius 3 is 2.10 bits per heavy atom. The Bertz CT molecular complexity index is 602. The van der Waals surface area contributed by atoms with Crippen molar-refractivity contribution in [1.29, 1.82) is 0 Å². The van der Waals surface area contributed by atoms with Crippen molar-refractivity contribution in [3.05, 3.63) is 70.8 Å². The minimum absolute atomic E-state index is 0.244. The number of halogens is 4. The van der Waals surface area contributed by atoms with E-state index in [4.69, 9.17) is 0 Å². The minimum atomic E-state index is -0.535. The summed E-state index contributed by atoms with van der Waals surface area (Å²) in [4.78, 5) is 0. The van der Waals surface area contributed by atoms with Crippen molar-refractivity contribution in [2.45, 2.75) is 18.8 Å². The second kappa shape index (κ2) is 7.01. The van der Waals surface area contributed by atoms with E-state index in [1.54, 1.807) is 0 Å². The summed E-state index contributed by atoms with van der Waals surface area (Å²) in [5.41, 5.74) is 2.74. The summed E-state index contributed by atoms with van der Waals surface area (Å²) >= 11 is 7.14. The van der Waals surface area contributed by atoms with Gasteiger partial charge < -0.3 is 0 Å². The molecule has 0 fully saturated rings. The van der Waals surface area contributed by atoms with E-state index in [9.17, 15) is 8.78 Å². The van der Waals surface area contributed by atoms with Gasteiger partial charge >= 0.3 is 0 Å². The summed E-state index contributed by atoms with van der Waals surface area (Å²) in [5.74, 6) is -1.07. The molecule has 0 radical (unpaired) electrons. The molecule has 0 heterocycles. The number of aryl methyl sites for hydroxylation is 1. The van der Waals surface area contributed by atoms with Gasteiger partial charge in [0.2, 0.25) is 0 Å². The molecule has 0 saturated carbocycles. The molecule has 0 saturated heterocycles. The third-order valence-corrected chi connectivity index (χ3v) is 5.75. The van der Waals surface area contributed by atoms with Crippen molar-refractivity contribution in [3.63, 3.8) is 0 Å². The average Bonchev–Trinajstić information content (AvgIpc) is 2.44. The number of alkyl halides is 2. The fourth-order valence-electron chi connectivity index (χ4n) is 2.47. The predicted molar refractivity (Wildman–Crippen MR) is 90.5 cm³/mol. The number of hydrogen-bond acceptors (Lipinski definition) is 0. The van der Waals surface area contributed by atoms with E-state index in [0.717, 1.165) is 11.6 Å². The maximum absolute atomic E-state index is 13.4. The highest BCUT2D eigenvalue weighted by atomic mass is 79.9.